The van der Waals surface area contributed by atoms with Crippen molar-refractivity contribution in [1.82, 2.24) is 4.57 Å². The topological polar surface area (TPSA) is 55.0 Å². The number of fused-ring (bicyclic) bond motifs is 1. The second kappa shape index (κ2) is 4.43. The van der Waals surface area contributed by atoms with Gasteiger partial charge in [-0.05, 0) is 38.0 Å². The molecule has 1 fully saturated rings. The molecule has 0 N–H and O–H groups in total. The average molecular weight is 254 g/mol. The molecule has 0 saturated heterocycles. The van der Waals surface area contributed by atoms with Gasteiger partial charge in [-0.2, -0.15) is 5.26 Å². The van der Waals surface area contributed by atoms with Crippen LogP contribution in [0.15, 0.2) is 24.3 Å². The zero-order chi connectivity index (χ0) is 13.4. The summed E-state index contributed by atoms with van der Waals surface area (Å²) < 4.78 is 7.13. The molecule has 1 aliphatic rings. The first-order valence-electron chi connectivity index (χ1n) is 6.46. The highest BCUT2D eigenvalue weighted by Crippen LogP contribution is 2.40. The number of carbonyl (C=O) groups excluding carboxylic acids is 1. The molecule has 3 rings (SSSR count). The molecule has 4 heteroatoms. The maximum Gasteiger partial charge on any atom is 0.354 e. The summed E-state index contributed by atoms with van der Waals surface area (Å²) in [6.07, 6.45) is 2.15. The highest BCUT2D eigenvalue weighted by Gasteiger charge is 2.30. The van der Waals surface area contributed by atoms with Crippen molar-refractivity contribution in [3.8, 4) is 6.07 Å². The molecule has 1 aromatic heterocycles. The van der Waals surface area contributed by atoms with Gasteiger partial charge in [-0.15, -0.1) is 0 Å². The summed E-state index contributed by atoms with van der Waals surface area (Å²) >= 11 is 0. The second-order valence-corrected chi connectivity index (χ2v) is 4.74. The number of nitrogens with zero attached hydrogens (tertiary/aromatic N) is 2. The Morgan fingerprint density at radius 2 is 2.26 bits per heavy atom. The number of hydrogen-bond acceptors (Lipinski definition) is 3. The smallest absolute Gasteiger partial charge is 0.354 e. The molecule has 1 aliphatic carbocycles. The first-order chi connectivity index (χ1) is 9.24. The zero-order valence-electron chi connectivity index (χ0n) is 10.7. The maximum atomic E-state index is 12.0. The standard InChI is InChI=1S/C15H14N2O2/c1-2-19-15(18)14-8-11-4-3-10(9-16)7-13(11)17(14)12-5-6-12/h3-4,7-8,12H,2,5-6H2,1H3. The van der Waals surface area contributed by atoms with Crippen LogP contribution in [0.5, 0.6) is 0 Å². The third-order valence-electron chi connectivity index (χ3n) is 3.37. The molecule has 2 aromatic rings. The Bertz CT molecular complexity index is 690. The molecule has 0 aliphatic heterocycles. The number of ether oxygens (including phenoxy) is 1. The Morgan fingerprint density at radius 3 is 2.89 bits per heavy atom. The molecule has 96 valence electrons. The summed E-state index contributed by atoms with van der Waals surface area (Å²) in [5.74, 6) is -0.288. The van der Waals surface area contributed by atoms with Crippen LogP contribution >= 0.6 is 0 Å². The first kappa shape index (κ1) is 11.8. The predicted molar refractivity (Wildman–Crippen MR) is 70.9 cm³/mol. The molecular formula is C15H14N2O2. The fraction of sp³-hybridized carbons (Fsp3) is 0.333. The monoisotopic (exact) mass is 254 g/mol. The van der Waals surface area contributed by atoms with Crippen LogP contribution in [-0.4, -0.2) is 17.1 Å². The fourth-order valence-corrected chi connectivity index (χ4v) is 2.38. The summed E-state index contributed by atoms with van der Waals surface area (Å²) in [7, 11) is 0. The van der Waals surface area contributed by atoms with Crippen molar-refractivity contribution < 1.29 is 9.53 Å². The van der Waals surface area contributed by atoms with Crippen LogP contribution in [0, 0.1) is 11.3 Å². The minimum atomic E-state index is -0.288. The molecule has 0 unspecified atom stereocenters. The number of esters is 1. The summed E-state index contributed by atoms with van der Waals surface area (Å²) in [5.41, 5.74) is 2.15. The summed E-state index contributed by atoms with van der Waals surface area (Å²) in [5, 5.41) is 9.97. The van der Waals surface area contributed by atoms with E-state index in [0.717, 1.165) is 23.7 Å². The van der Waals surface area contributed by atoms with Gasteiger partial charge in [-0.25, -0.2) is 4.79 Å². The predicted octanol–water partition coefficient (Wildman–Crippen LogP) is 3.02. The largest absolute Gasteiger partial charge is 0.461 e. The molecule has 0 radical (unpaired) electrons. The lowest BCUT2D eigenvalue weighted by Gasteiger charge is -2.08. The lowest BCUT2D eigenvalue weighted by molar-refractivity contribution is 0.0514. The van der Waals surface area contributed by atoms with Gasteiger partial charge >= 0.3 is 5.97 Å². The van der Waals surface area contributed by atoms with Crippen LogP contribution in [-0.2, 0) is 4.74 Å². The van der Waals surface area contributed by atoms with Gasteiger partial charge < -0.3 is 9.30 Å². The van der Waals surface area contributed by atoms with Gasteiger partial charge in [0.15, 0.2) is 0 Å². The molecular weight excluding hydrogens is 240 g/mol. The van der Waals surface area contributed by atoms with Crippen molar-refractivity contribution in [2.24, 2.45) is 0 Å². The number of hydrogen-bond donors (Lipinski definition) is 0. The van der Waals surface area contributed by atoms with Crippen molar-refractivity contribution in [2.75, 3.05) is 6.61 Å². The van der Waals surface area contributed by atoms with Gasteiger partial charge in [0.25, 0.3) is 0 Å². The molecule has 0 spiro atoms. The number of carbonyl (C=O) groups is 1. The van der Waals surface area contributed by atoms with Gasteiger partial charge in [-0.3, -0.25) is 0 Å². The van der Waals surface area contributed by atoms with E-state index in [1.54, 1.807) is 13.0 Å². The van der Waals surface area contributed by atoms with E-state index in [2.05, 4.69) is 6.07 Å². The average Bonchev–Trinajstić information content (AvgIpc) is 3.18. The number of nitriles is 1. The summed E-state index contributed by atoms with van der Waals surface area (Å²) in [4.78, 5) is 12.0. The first-order valence-corrected chi connectivity index (χ1v) is 6.46. The van der Waals surface area contributed by atoms with Crippen molar-refractivity contribution >= 4 is 16.9 Å². The molecule has 0 atom stereocenters. The van der Waals surface area contributed by atoms with E-state index in [0.29, 0.717) is 23.9 Å². The van der Waals surface area contributed by atoms with E-state index in [4.69, 9.17) is 10.00 Å². The quantitative estimate of drug-likeness (QED) is 0.791. The molecule has 1 saturated carbocycles. The Morgan fingerprint density at radius 1 is 1.47 bits per heavy atom. The Labute approximate surface area is 111 Å². The third-order valence-corrected chi connectivity index (χ3v) is 3.37. The van der Waals surface area contributed by atoms with Crippen LogP contribution in [0.4, 0.5) is 0 Å². The van der Waals surface area contributed by atoms with Gasteiger partial charge in [-0.1, -0.05) is 6.07 Å². The third kappa shape index (κ3) is 1.97. The van der Waals surface area contributed by atoms with Crippen LogP contribution in [0.25, 0.3) is 10.9 Å². The molecule has 19 heavy (non-hydrogen) atoms. The fourth-order valence-electron chi connectivity index (χ4n) is 2.38. The number of benzene rings is 1. The Hall–Kier alpha value is -2.28. The van der Waals surface area contributed by atoms with Crippen molar-refractivity contribution in [2.45, 2.75) is 25.8 Å². The molecule has 1 heterocycles. The van der Waals surface area contributed by atoms with Gasteiger partial charge in [0, 0.05) is 11.4 Å². The van der Waals surface area contributed by atoms with Crippen molar-refractivity contribution in [3.05, 3.63) is 35.5 Å². The summed E-state index contributed by atoms with van der Waals surface area (Å²) in [6, 6.07) is 9.86. The lowest BCUT2D eigenvalue weighted by Crippen LogP contribution is -2.11. The Balaban J connectivity index is 2.19. The van der Waals surface area contributed by atoms with Crippen LogP contribution in [0.3, 0.4) is 0 Å². The maximum absolute atomic E-state index is 12.0. The number of rotatable bonds is 3. The molecule has 1 aromatic carbocycles. The van der Waals surface area contributed by atoms with Crippen LogP contribution < -0.4 is 0 Å². The highest BCUT2D eigenvalue weighted by atomic mass is 16.5. The van der Waals surface area contributed by atoms with Gasteiger partial charge in [0.05, 0.1) is 23.8 Å². The SMILES string of the molecule is CCOC(=O)c1cc2ccc(C#N)cc2n1C1CC1. The van der Waals surface area contributed by atoms with E-state index in [1.807, 2.05) is 22.8 Å². The highest BCUT2D eigenvalue weighted by molar-refractivity contribution is 5.96. The second-order valence-electron chi connectivity index (χ2n) is 4.74. The molecule has 0 bridgehead atoms. The van der Waals surface area contributed by atoms with E-state index >= 15 is 0 Å². The number of aromatic nitrogens is 1. The van der Waals surface area contributed by atoms with Gasteiger partial charge in [0.1, 0.15) is 5.69 Å². The van der Waals surface area contributed by atoms with Gasteiger partial charge in [0.2, 0.25) is 0 Å². The molecule has 0 amide bonds. The normalized spacial score (nSPS) is 14.3. The summed E-state index contributed by atoms with van der Waals surface area (Å²) in [6.45, 7) is 2.17. The minimum absolute atomic E-state index is 0.288. The van der Waals surface area contributed by atoms with E-state index < -0.39 is 0 Å². The van der Waals surface area contributed by atoms with Crippen LogP contribution in [0.2, 0.25) is 0 Å². The minimum Gasteiger partial charge on any atom is -0.461 e. The Kier molecular flexibility index (Phi) is 2.75. The van der Waals surface area contributed by atoms with E-state index in [-0.39, 0.29) is 5.97 Å². The van der Waals surface area contributed by atoms with Crippen molar-refractivity contribution in [1.29, 1.82) is 5.26 Å². The zero-order valence-corrected chi connectivity index (χ0v) is 10.7. The van der Waals surface area contributed by atoms with E-state index in [9.17, 15) is 4.79 Å². The lowest BCUT2D eigenvalue weighted by atomic mass is 10.2. The molecule has 4 nitrogen and oxygen atoms in total. The van der Waals surface area contributed by atoms with Crippen molar-refractivity contribution in [3.63, 3.8) is 0 Å². The van der Waals surface area contributed by atoms with E-state index in [1.165, 1.54) is 0 Å². The van der Waals surface area contributed by atoms with Crippen LogP contribution in [0.1, 0.15) is 41.9 Å².